The van der Waals surface area contributed by atoms with Crippen LogP contribution in [0.5, 0.6) is 0 Å². The summed E-state index contributed by atoms with van der Waals surface area (Å²) in [6.45, 7) is 2.24. The molecule has 0 aromatic carbocycles. The lowest BCUT2D eigenvalue weighted by atomic mass is 9.74. The highest BCUT2D eigenvalue weighted by Gasteiger charge is 2.34. The molecular weight excluding hydrogens is 176 g/mol. The maximum Gasteiger partial charge on any atom is 0.219 e. The second-order valence-corrected chi connectivity index (χ2v) is 4.53. The molecule has 0 spiro atoms. The van der Waals surface area contributed by atoms with Crippen molar-refractivity contribution in [1.29, 1.82) is 0 Å². The van der Waals surface area contributed by atoms with E-state index in [0.29, 0.717) is 6.42 Å². The third kappa shape index (κ3) is 2.71. The Morgan fingerprint density at radius 2 is 2.07 bits per heavy atom. The first-order chi connectivity index (χ1) is 6.62. The van der Waals surface area contributed by atoms with Crippen molar-refractivity contribution in [2.75, 3.05) is 7.05 Å². The van der Waals surface area contributed by atoms with Crippen molar-refractivity contribution in [3.8, 4) is 0 Å². The first-order valence-corrected chi connectivity index (χ1v) is 5.59. The summed E-state index contributed by atoms with van der Waals surface area (Å²) in [6, 6.07) is 0. The van der Waals surface area contributed by atoms with Gasteiger partial charge in [0.15, 0.2) is 0 Å². The van der Waals surface area contributed by atoms with Gasteiger partial charge in [-0.25, -0.2) is 0 Å². The molecule has 1 aliphatic carbocycles. The van der Waals surface area contributed by atoms with Crippen LogP contribution < -0.4 is 11.1 Å². The monoisotopic (exact) mass is 198 g/mol. The summed E-state index contributed by atoms with van der Waals surface area (Å²) in [5.41, 5.74) is 5.27. The number of nitrogens with two attached hydrogens (primary N) is 1. The molecule has 3 nitrogen and oxygen atoms in total. The van der Waals surface area contributed by atoms with Gasteiger partial charge >= 0.3 is 0 Å². The number of carbonyl (C=O) groups excluding carboxylic acids is 1. The first kappa shape index (κ1) is 11.5. The topological polar surface area (TPSA) is 55.1 Å². The molecule has 1 aliphatic rings. The predicted molar refractivity (Wildman–Crippen MR) is 57.9 cm³/mol. The average Bonchev–Trinajstić information content (AvgIpc) is 2.18. The van der Waals surface area contributed by atoms with Crippen molar-refractivity contribution in [3.05, 3.63) is 0 Å². The molecule has 14 heavy (non-hydrogen) atoms. The summed E-state index contributed by atoms with van der Waals surface area (Å²) < 4.78 is 0. The van der Waals surface area contributed by atoms with Gasteiger partial charge in [0.05, 0.1) is 0 Å². The number of carbonyl (C=O) groups is 1. The summed E-state index contributed by atoms with van der Waals surface area (Å²) in [5, 5.41) is 3.29. The molecule has 3 heteroatoms. The molecule has 0 aromatic rings. The molecule has 0 aromatic heterocycles. The van der Waals surface area contributed by atoms with Gasteiger partial charge in [0.2, 0.25) is 5.91 Å². The zero-order valence-electron chi connectivity index (χ0n) is 9.31. The summed E-state index contributed by atoms with van der Waals surface area (Å²) in [7, 11) is 1.94. The fourth-order valence-corrected chi connectivity index (χ4v) is 2.49. The molecule has 0 atom stereocenters. The second-order valence-electron chi connectivity index (χ2n) is 4.53. The minimum atomic E-state index is -0.186. The number of hydrogen-bond acceptors (Lipinski definition) is 2. The van der Waals surface area contributed by atoms with Crippen LogP contribution in [0.3, 0.4) is 0 Å². The fourth-order valence-electron chi connectivity index (χ4n) is 2.49. The summed E-state index contributed by atoms with van der Waals surface area (Å²) in [5.74, 6) is 0.665. The van der Waals surface area contributed by atoms with Crippen LogP contribution in [0.25, 0.3) is 0 Å². The number of rotatable bonds is 4. The quantitative estimate of drug-likeness (QED) is 0.718. The molecule has 1 amide bonds. The van der Waals surface area contributed by atoms with E-state index in [4.69, 9.17) is 5.73 Å². The van der Waals surface area contributed by atoms with Crippen molar-refractivity contribution in [2.45, 2.75) is 51.0 Å². The number of hydrogen-bond donors (Lipinski definition) is 2. The smallest absolute Gasteiger partial charge is 0.219 e. The van der Waals surface area contributed by atoms with Gasteiger partial charge in [-0.05, 0) is 38.6 Å². The van der Waals surface area contributed by atoms with Crippen LogP contribution in [-0.2, 0) is 4.79 Å². The highest BCUT2D eigenvalue weighted by Crippen LogP contribution is 2.35. The van der Waals surface area contributed by atoms with Gasteiger partial charge in [0.25, 0.3) is 0 Å². The lowest BCUT2D eigenvalue weighted by Gasteiger charge is -2.39. The average molecular weight is 198 g/mol. The second kappa shape index (κ2) is 4.78. The van der Waals surface area contributed by atoms with Gasteiger partial charge in [0.1, 0.15) is 0 Å². The lowest BCUT2D eigenvalue weighted by Crippen LogP contribution is -2.48. The van der Waals surface area contributed by atoms with E-state index >= 15 is 0 Å². The summed E-state index contributed by atoms with van der Waals surface area (Å²) >= 11 is 0. The maximum absolute atomic E-state index is 11.0. The lowest BCUT2D eigenvalue weighted by molar-refractivity contribution is -0.119. The van der Waals surface area contributed by atoms with E-state index in [2.05, 4.69) is 12.2 Å². The Balaban J connectivity index is 2.52. The Labute approximate surface area is 86.4 Å². The molecule has 1 rings (SSSR count). The minimum Gasteiger partial charge on any atom is -0.370 e. The Hall–Kier alpha value is -0.570. The third-order valence-electron chi connectivity index (χ3n) is 3.68. The Kier molecular flexibility index (Phi) is 3.93. The molecule has 3 N–H and O–H groups in total. The number of primary amides is 1. The normalized spacial score (nSPS) is 32.9. The van der Waals surface area contributed by atoms with E-state index in [-0.39, 0.29) is 11.4 Å². The predicted octanol–water partition coefficient (Wildman–Crippen LogP) is 1.42. The van der Waals surface area contributed by atoms with E-state index in [0.717, 1.165) is 18.8 Å². The molecule has 1 fully saturated rings. The molecule has 0 unspecified atom stereocenters. The molecule has 0 bridgehead atoms. The van der Waals surface area contributed by atoms with E-state index in [1.807, 2.05) is 7.05 Å². The van der Waals surface area contributed by atoms with E-state index in [1.54, 1.807) is 0 Å². The van der Waals surface area contributed by atoms with Gasteiger partial charge in [0, 0.05) is 12.0 Å². The molecular formula is C11H22N2O. The van der Waals surface area contributed by atoms with E-state index in [9.17, 15) is 4.79 Å². The van der Waals surface area contributed by atoms with E-state index < -0.39 is 0 Å². The van der Waals surface area contributed by atoms with Crippen molar-refractivity contribution < 1.29 is 4.79 Å². The van der Waals surface area contributed by atoms with Crippen molar-refractivity contribution >= 4 is 5.91 Å². The Morgan fingerprint density at radius 1 is 1.50 bits per heavy atom. The minimum absolute atomic E-state index is 0.00248. The highest BCUT2D eigenvalue weighted by molar-refractivity contribution is 5.75. The SMILES string of the molecule is CCC1CCC(CC(N)=O)(NC)CC1. The van der Waals surface area contributed by atoms with Crippen molar-refractivity contribution in [2.24, 2.45) is 11.7 Å². The van der Waals surface area contributed by atoms with Gasteiger partial charge in [-0.3, -0.25) is 4.79 Å². The van der Waals surface area contributed by atoms with Crippen LogP contribution in [0.15, 0.2) is 0 Å². The third-order valence-corrected chi connectivity index (χ3v) is 3.68. The fraction of sp³-hybridized carbons (Fsp3) is 0.909. The van der Waals surface area contributed by atoms with Gasteiger partial charge < -0.3 is 11.1 Å². The largest absolute Gasteiger partial charge is 0.370 e. The molecule has 0 heterocycles. The van der Waals surface area contributed by atoms with Crippen LogP contribution in [0.4, 0.5) is 0 Å². The van der Waals surface area contributed by atoms with Crippen LogP contribution >= 0.6 is 0 Å². The van der Waals surface area contributed by atoms with Crippen LogP contribution in [0, 0.1) is 5.92 Å². The van der Waals surface area contributed by atoms with Gasteiger partial charge in [-0.2, -0.15) is 0 Å². The standard InChI is InChI=1S/C11H22N2O/c1-3-9-4-6-11(13-2,7-5-9)8-10(12)14/h9,13H,3-8H2,1-2H3,(H2,12,14). The van der Waals surface area contributed by atoms with Crippen molar-refractivity contribution in [1.82, 2.24) is 5.32 Å². The van der Waals surface area contributed by atoms with Gasteiger partial charge in [-0.15, -0.1) is 0 Å². The molecule has 82 valence electrons. The summed E-state index contributed by atoms with van der Waals surface area (Å²) in [4.78, 5) is 11.0. The zero-order chi connectivity index (χ0) is 10.6. The maximum atomic E-state index is 11.0. The summed E-state index contributed by atoms with van der Waals surface area (Å²) in [6.07, 6.45) is 6.38. The molecule has 0 saturated heterocycles. The molecule has 0 radical (unpaired) electrons. The molecule has 0 aliphatic heterocycles. The highest BCUT2D eigenvalue weighted by atomic mass is 16.1. The number of nitrogens with one attached hydrogen (secondary N) is 1. The van der Waals surface area contributed by atoms with Crippen LogP contribution in [0.2, 0.25) is 0 Å². The molecule has 1 saturated carbocycles. The number of amides is 1. The van der Waals surface area contributed by atoms with Crippen molar-refractivity contribution in [3.63, 3.8) is 0 Å². The van der Waals surface area contributed by atoms with Gasteiger partial charge in [-0.1, -0.05) is 13.3 Å². The Morgan fingerprint density at radius 3 is 2.43 bits per heavy atom. The Bertz CT molecular complexity index is 195. The zero-order valence-corrected chi connectivity index (χ0v) is 9.31. The van der Waals surface area contributed by atoms with E-state index in [1.165, 1.54) is 19.3 Å². The van der Waals surface area contributed by atoms with Crippen LogP contribution in [-0.4, -0.2) is 18.5 Å². The van der Waals surface area contributed by atoms with Crippen LogP contribution in [0.1, 0.15) is 45.4 Å². The first-order valence-electron chi connectivity index (χ1n) is 5.59.